The zero-order chi connectivity index (χ0) is 17.2. The normalized spacial score (nSPS) is 16.0. The molecule has 6 nitrogen and oxygen atoms in total. The summed E-state index contributed by atoms with van der Waals surface area (Å²) >= 11 is 6.11. The van der Waals surface area contributed by atoms with Crippen LogP contribution in [0, 0.1) is 5.41 Å². The molecule has 0 atom stereocenters. The zero-order valence-electron chi connectivity index (χ0n) is 13.0. The molecule has 3 N–H and O–H groups in total. The maximum absolute atomic E-state index is 12.3. The lowest BCUT2D eigenvalue weighted by atomic mass is 9.85. The van der Waals surface area contributed by atoms with Gasteiger partial charge < -0.3 is 15.6 Å². The molecule has 0 aliphatic heterocycles. The molecule has 1 aromatic carbocycles. The van der Waals surface area contributed by atoms with Crippen LogP contribution in [0.3, 0.4) is 0 Å². The molecule has 2 amide bonds. The van der Waals surface area contributed by atoms with Crippen LogP contribution >= 0.6 is 11.6 Å². The van der Waals surface area contributed by atoms with Gasteiger partial charge in [-0.25, -0.2) is 0 Å². The molecule has 7 heteroatoms. The molecule has 0 radical (unpaired) electrons. The molecular formula is C17H18ClN3O3. The van der Waals surface area contributed by atoms with Crippen LogP contribution in [0.2, 0.25) is 5.02 Å². The Balaban J connectivity index is 1.70. The second-order valence-electron chi connectivity index (χ2n) is 6.09. The average Bonchev–Trinajstić information content (AvgIpc) is 3.23. The third kappa shape index (κ3) is 3.14. The predicted octanol–water partition coefficient (Wildman–Crippen LogP) is 2.77. The summed E-state index contributed by atoms with van der Waals surface area (Å²) in [6, 6.07) is 8.67. The molecule has 1 aliphatic rings. The number of hydrogen-bond donors (Lipinski definition) is 2. The van der Waals surface area contributed by atoms with Crippen molar-refractivity contribution in [3.05, 3.63) is 41.0 Å². The summed E-state index contributed by atoms with van der Waals surface area (Å²) in [5, 5.41) is 7.04. The SMILES string of the molecule is NC(=O)C1(CNC(=O)c2cc(-c3ccccc3Cl)on2)CCCC1. The number of hydrogen-bond acceptors (Lipinski definition) is 4. The zero-order valence-corrected chi connectivity index (χ0v) is 13.8. The van der Waals surface area contributed by atoms with Gasteiger partial charge in [-0.1, -0.05) is 41.7 Å². The van der Waals surface area contributed by atoms with Gasteiger partial charge in [-0.05, 0) is 25.0 Å². The van der Waals surface area contributed by atoms with Crippen molar-refractivity contribution in [3.8, 4) is 11.3 Å². The van der Waals surface area contributed by atoms with Gasteiger partial charge in [0.05, 0.1) is 10.4 Å². The van der Waals surface area contributed by atoms with Gasteiger partial charge in [-0.2, -0.15) is 0 Å². The number of aromatic nitrogens is 1. The minimum Gasteiger partial charge on any atom is -0.369 e. The summed E-state index contributed by atoms with van der Waals surface area (Å²) in [4.78, 5) is 24.0. The number of rotatable bonds is 5. The van der Waals surface area contributed by atoms with Crippen LogP contribution in [0.4, 0.5) is 0 Å². The van der Waals surface area contributed by atoms with Gasteiger partial charge in [-0.3, -0.25) is 9.59 Å². The van der Waals surface area contributed by atoms with E-state index in [2.05, 4.69) is 10.5 Å². The molecule has 2 aromatic rings. The Morgan fingerprint density at radius 3 is 2.67 bits per heavy atom. The Morgan fingerprint density at radius 1 is 1.29 bits per heavy atom. The summed E-state index contributed by atoms with van der Waals surface area (Å²) < 4.78 is 5.21. The van der Waals surface area contributed by atoms with Crippen molar-refractivity contribution in [3.63, 3.8) is 0 Å². The molecule has 0 bridgehead atoms. The Bertz CT molecular complexity index is 766. The maximum atomic E-state index is 12.3. The van der Waals surface area contributed by atoms with E-state index in [-0.39, 0.29) is 18.1 Å². The van der Waals surface area contributed by atoms with Crippen molar-refractivity contribution in [1.29, 1.82) is 0 Å². The molecule has 3 rings (SSSR count). The first-order chi connectivity index (χ1) is 11.5. The second-order valence-corrected chi connectivity index (χ2v) is 6.50. The van der Waals surface area contributed by atoms with Crippen LogP contribution in [0.15, 0.2) is 34.9 Å². The molecule has 126 valence electrons. The maximum Gasteiger partial charge on any atom is 0.273 e. The van der Waals surface area contributed by atoms with E-state index in [0.717, 1.165) is 12.8 Å². The summed E-state index contributed by atoms with van der Waals surface area (Å²) in [6.07, 6.45) is 3.29. The summed E-state index contributed by atoms with van der Waals surface area (Å²) in [7, 11) is 0. The van der Waals surface area contributed by atoms with E-state index in [1.54, 1.807) is 18.2 Å². The van der Waals surface area contributed by atoms with Crippen molar-refractivity contribution in [2.75, 3.05) is 6.54 Å². The Morgan fingerprint density at radius 2 is 2.00 bits per heavy atom. The largest absolute Gasteiger partial charge is 0.369 e. The Hall–Kier alpha value is -2.34. The third-order valence-corrected chi connectivity index (χ3v) is 4.88. The number of nitrogens with two attached hydrogens (primary N) is 1. The van der Waals surface area contributed by atoms with Gasteiger partial charge in [0.25, 0.3) is 5.91 Å². The molecular weight excluding hydrogens is 330 g/mol. The van der Waals surface area contributed by atoms with Crippen LogP contribution in [0.5, 0.6) is 0 Å². The van der Waals surface area contributed by atoms with Crippen LogP contribution in [-0.4, -0.2) is 23.5 Å². The smallest absolute Gasteiger partial charge is 0.273 e. The topological polar surface area (TPSA) is 98.2 Å². The van der Waals surface area contributed by atoms with E-state index in [1.165, 1.54) is 6.07 Å². The standard InChI is InChI=1S/C17H18ClN3O3/c18-12-6-2-1-5-11(12)14-9-13(21-24-14)15(22)20-10-17(16(19)23)7-3-4-8-17/h1-2,5-6,9H,3-4,7-8,10H2,(H2,19,23)(H,20,22). The first-order valence-corrected chi connectivity index (χ1v) is 8.19. The number of benzene rings is 1. The fourth-order valence-electron chi connectivity index (χ4n) is 3.07. The number of carbonyl (C=O) groups is 2. The summed E-state index contributed by atoms with van der Waals surface area (Å²) in [5.74, 6) is -0.349. The number of halogens is 1. The van der Waals surface area contributed by atoms with E-state index < -0.39 is 11.3 Å². The number of nitrogens with zero attached hydrogens (tertiary/aromatic N) is 1. The van der Waals surface area contributed by atoms with Crippen molar-refractivity contribution in [1.82, 2.24) is 10.5 Å². The molecule has 0 spiro atoms. The number of carbonyl (C=O) groups excluding carboxylic acids is 2. The molecule has 1 fully saturated rings. The Kier molecular flexibility index (Phi) is 4.57. The highest BCUT2D eigenvalue weighted by atomic mass is 35.5. The van der Waals surface area contributed by atoms with Crippen molar-refractivity contribution < 1.29 is 14.1 Å². The number of amides is 2. The highest BCUT2D eigenvalue weighted by Crippen LogP contribution is 2.37. The van der Waals surface area contributed by atoms with Crippen LogP contribution < -0.4 is 11.1 Å². The molecule has 1 heterocycles. The monoisotopic (exact) mass is 347 g/mol. The van der Waals surface area contributed by atoms with Crippen LogP contribution in [-0.2, 0) is 4.79 Å². The lowest BCUT2D eigenvalue weighted by Crippen LogP contribution is -2.44. The first kappa shape index (κ1) is 16.5. The fraction of sp³-hybridized carbons (Fsp3) is 0.353. The molecule has 1 aliphatic carbocycles. The number of nitrogens with one attached hydrogen (secondary N) is 1. The molecule has 0 saturated heterocycles. The quantitative estimate of drug-likeness (QED) is 0.868. The van der Waals surface area contributed by atoms with E-state index in [0.29, 0.717) is 29.2 Å². The van der Waals surface area contributed by atoms with Gasteiger partial charge in [0.1, 0.15) is 0 Å². The third-order valence-electron chi connectivity index (χ3n) is 4.55. The molecule has 1 saturated carbocycles. The predicted molar refractivity (Wildman–Crippen MR) is 89.4 cm³/mol. The van der Waals surface area contributed by atoms with Crippen molar-refractivity contribution in [2.24, 2.45) is 11.1 Å². The van der Waals surface area contributed by atoms with Gasteiger partial charge in [0.15, 0.2) is 11.5 Å². The van der Waals surface area contributed by atoms with Gasteiger partial charge in [0.2, 0.25) is 5.91 Å². The van der Waals surface area contributed by atoms with E-state index in [4.69, 9.17) is 21.9 Å². The lowest BCUT2D eigenvalue weighted by Gasteiger charge is -2.24. The van der Waals surface area contributed by atoms with Gasteiger partial charge in [-0.15, -0.1) is 0 Å². The first-order valence-electron chi connectivity index (χ1n) is 7.82. The molecule has 24 heavy (non-hydrogen) atoms. The minimum absolute atomic E-state index is 0.141. The van der Waals surface area contributed by atoms with Crippen LogP contribution in [0.25, 0.3) is 11.3 Å². The molecule has 0 unspecified atom stereocenters. The highest BCUT2D eigenvalue weighted by molar-refractivity contribution is 6.33. The molecule has 1 aromatic heterocycles. The summed E-state index contributed by atoms with van der Waals surface area (Å²) in [6.45, 7) is 0.218. The number of primary amides is 1. The van der Waals surface area contributed by atoms with E-state index in [1.807, 2.05) is 6.07 Å². The Labute approximate surface area is 144 Å². The van der Waals surface area contributed by atoms with E-state index >= 15 is 0 Å². The second kappa shape index (κ2) is 6.65. The van der Waals surface area contributed by atoms with Crippen molar-refractivity contribution in [2.45, 2.75) is 25.7 Å². The van der Waals surface area contributed by atoms with E-state index in [9.17, 15) is 9.59 Å². The van der Waals surface area contributed by atoms with Crippen molar-refractivity contribution >= 4 is 23.4 Å². The van der Waals surface area contributed by atoms with Gasteiger partial charge in [0, 0.05) is 18.2 Å². The average molecular weight is 348 g/mol. The van der Waals surface area contributed by atoms with Crippen LogP contribution in [0.1, 0.15) is 36.2 Å². The highest BCUT2D eigenvalue weighted by Gasteiger charge is 2.39. The lowest BCUT2D eigenvalue weighted by molar-refractivity contribution is -0.127. The fourth-order valence-corrected chi connectivity index (χ4v) is 3.30. The summed E-state index contributed by atoms with van der Waals surface area (Å²) in [5.41, 5.74) is 5.67. The van der Waals surface area contributed by atoms with Gasteiger partial charge >= 0.3 is 0 Å². The minimum atomic E-state index is -0.648.